The Hall–Kier alpha value is -3.56. The minimum absolute atomic E-state index is 0.0777. The summed E-state index contributed by atoms with van der Waals surface area (Å²) in [6.45, 7) is 0. The van der Waals surface area contributed by atoms with Crippen molar-refractivity contribution < 1.29 is 24.9 Å². The van der Waals surface area contributed by atoms with E-state index in [4.69, 9.17) is 10.5 Å². The first kappa shape index (κ1) is 24.8. The number of amides is 1. The molecule has 1 aromatic carbocycles. The van der Waals surface area contributed by atoms with Crippen molar-refractivity contribution in [1.82, 2.24) is 24.8 Å². The molecule has 3 aromatic rings. The molecule has 3 fully saturated rings. The average Bonchev–Trinajstić information content (AvgIpc) is 3.55. The van der Waals surface area contributed by atoms with E-state index in [1.165, 1.54) is 16.5 Å². The predicted octanol–water partition coefficient (Wildman–Crippen LogP) is 0.747. The highest BCUT2D eigenvalue weighted by Crippen LogP contribution is 2.38. The third kappa shape index (κ3) is 4.72. The number of carbonyl (C=O) groups is 1. The van der Waals surface area contributed by atoms with Crippen molar-refractivity contribution >= 4 is 22.9 Å². The molecule has 0 radical (unpaired) electrons. The van der Waals surface area contributed by atoms with Gasteiger partial charge in [-0.25, -0.2) is 15.0 Å². The zero-order valence-corrected chi connectivity index (χ0v) is 20.7. The Morgan fingerprint density at radius 1 is 1.11 bits per heavy atom. The molecule has 3 aliphatic rings. The molecule has 198 valence electrons. The average molecular weight is 519 g/mol. The quantitative estimate of drug-likeness (QED) is 0.313. The molecule has 0 spiro atoms. The highest BCUT2D eigenvalue weighted by molar-refractivity contribution is 5.83. The maximum Gasteiger partial charge on any atom is 0.252 e. The Kier molecular flexibility index (Phi) is 6.28. The summed E-state index contributed by atoms with van der Waals surface area (Å²) in [6, 6.07) is 10.4. The van der Waals surface area contributed by atoms with Crippen molar-refractivity contribution in [2.75, 3.05) is 5.73 Å². The standard InChI is InChI=1S/C27H30N6O5/c28-23-19-24(33(14-29-19)26-21(35)20(34)22(38-26)25(36)30-17-6-7-17)32-18(31-23)10-13-27(37)11-8-16(9-12-27)15-4-2-1-3-5-15/h1-5,14,16-17,20-22,26,34-35,37H,6-9,11-12H2,(H,30,36)(H2,28,31,32)/t16?,20-,21+,22+,26?,27?/m1/s1. The summed E-state index contributed by atoms with van der Waals surface area (Å²) in [4.78, 5) is 25.4. The van der Waals surface area contributed by atoms with Crippen molar-refractivity contribution in [3.63, 3.8) is 0 Å². The third-order valence-corrected chi connectivity index (χ3v) is 7.63. The van der Waals surface area contributed by atoms with E-state index in [9.17, 15) is 20.1 Å². The van der Waals surface area contributed by atoms with Gasteiger partial charge in [0.25, 0.3) is 5.91 Å². The van der Waals surface area contributed by atoms with Crippen LogP contribution in [0.15, 0.2) is 36.7 Å². The molecule has 38 heavy (non-hydrogen) atoms. The number of benzene rings is 1. The Morgan fingerprint density at radius 3 is 2.55 bits per heavy atom. The molecule has 6 rings (SSSR count). The van der Waals surface area contributed by atoms with Gasteiger partial charge in [0.1, 0.15) is 23.3 Å². The highest BCUT2D eigenvalue weighted by atomic mass is 16.6. The fourth-order valence-electron chi connectivity index (χ4n) is 5.25. The molecule has 2 aromatic heterocycles. The number of aromatic nitrogens is 4. The van der Waals surface area contributed by atoms with Gasteiger partial charge in [-0.1, -0.05) is 36.3 Å². The number of nitrogen functional groups attached to an aromatic ring is 1. The molecule has 4 atom stereocenters. The number of hydrogen-bond donors (Lipinski definition) is 5. The Balaban J connectivity index is 1.22. The molecular weight excluding hydrogens is 488 g/mol. The normalized spacial score (nSPS) is 31.1. The summed E-state index contributed by atoms with van der Waals surface area (Å²) in [6.07, 6.45) is 0.668. The summed E-state index contributed by atoms with van der Waals surface area (Å²) < 4.78 is 7.17. The monoisotopic (exact) mass is 518 g/mol. The van der Waals surface area contributed by atoms with Gasteiger partial charge in [-0.3, -0.25) is 9.36 Å². The van der Waals surface area contributed by atoms with E-state index in [1.54, 1.807) is 0 Å². The minimum atomic E-state index is -1.42. The van der Waals surface area contributed by atoms with E-state index in [0.717, 1.165) is 25.7 Å². The van der Waals surface area contributed by atoms with Gasteiger partial charge in [-0.15, -0.1) is 0 Å². The summed E-state index contributed by atoms with van der Waals surface area (Å²) >= 11 is 0. The third-order valence-electron chi connectivity index (χ3n) is 7.63. The number of nitrogens with one attached hydrogen (secondary N) is 1. The van der Waals surface area contributed by atoms with Crippen molar-refractivity contribution in [2.45, 2.75) is 80.6 Å². The van der Waals surface area contributed by atoms with Crippen LogP contribution in [0, 0.1) is 11.8 Å². The van der Waals surface area contributed by atoms with E-state index in [1.807, 2.05) is 18.2 Å². The van der Waals surface area contributed by atoms with E-state index < -0.39 is 36.0 Å². The molecule has 2 aliphatic carbocycles. The van der Waals surface area contributed by atoms with Crippen LogP contribution in [-0.4, -0.2) is 70.7 Å². The van der Waals surface area contributed by atoms with Crippen LogP contribution >= 0.6 is 0 Å². The van der Waals surface area contributed by atoms with Crippen LogP contribution in [0.5, 0.6) is 0 Å². The van der Waals surface area contributed by atoms with Gasteiger partial charge in [0.05, 0.1) is 6.33 Å². The fraction of sp³-hybridized carbons (Fsp3) is 0.481. The number of hydrogen-bond acceptors (Lipinski definition) is 9. The van der Waals surface area contributed by atoms with Crippen LogP contribution in [0.1, 0.15) is 62.1 Å². The smallest absolute Gasteiger partial charge is 0.252 e. The summed E-state index contributed by atoms with van der Waals surface area (Å²) in [5, 5.41) is 35.0. The molecule has 0 bridgehead atoms. The second-order valence-electron chi connectivity index (χ2n) is 10.4. The van der Waals surface area contributed by atoms with Crippen LogP contribution in [-0.2, 0) is 9.53 Å². The van der Waals surface area contributed by atoms with Gasteiger partial charge in [-0.2, -0.15) is 0 Å². The Morgan fingerprint density at radius 2 is 1.84 bits per heavy atom. The lowest BCUT2D eigenvalue weighted by Gasteiger charge is -2.32. The number of anilines is 1. The lowest BCUT2D eigenvalue weighted by Crippen LogP contribution is -2.43. The first-order valence-corrected chi connectivity index (χ1v) is 12.9. The van der Waals surface area contributed by atoms with E-state index in [0.29, 0.717) is 18.8 Å². The number of nitrogens with zero attached hydrogens (tertiary/aromatic N) is 4. The van der Waals surface area contributed by atoms with Crippen molar-refractivity contribution in [3.05, 3.63) is 48.0 Å². The predicted molar refractivity (Wildman–Crippen MR) is 136 cm³/mol. The maximum absolute atomic E-state index is 12.5. The second kappa shape index (κ2) is 9.63. The Bertz CT molecular complexity index is 1400. The number of nitrogens with two attached hydrogens (primary N) is 1. The molecule has 3 heterocycles. The van der Waals surface area contributed by atoms with Gasteiger partial charge in [0.15, 0.2) is 23.8 Å². The van der Waals surface area contributed by atoms with Gasteiger partial charge >= 0.3 is 0 Å². The number of rotatable bonds is 4. The van der Waals surface area contributed by atoms with Crippen LogP contribution in [0.3, 0.4) is 0 Å². The molecule has 1 saturated heterocycles. The number of aliphatic hydroxyl groups excluding tert-OH is 2. The minimum Gasteiger partial charge on any atom is -0.387 e. The molecule has 1 amide bonds. The van der Waals surface area contributed by atoms with Gasteiger partial charge in [-0.05, 0) is 55.9 Å². The van der Waals surface area contributed by atoms with Gasteiger partial charge < -0.3 is 31.1 Å². The lowest BCUT2D eigenvalue weighted by atomic mass is 9.76. The van der Waals surface area contributed by atoms with Crippen LogP contribution in [0.2, 0.25) is 0 Å². The summed E-state index contributed by atoms with van der Waals surface area (Å²) in [5.74, 6) is 5.89. The van der Waals surface area contributed by atoms with Crippen LogP contribution < -0.4 is 11.1 Å². The van der Waals surface area contributed by atoms with Gasteiger partial charge in [0, 0.05) is 6.04 Å². The molecule has 2 saturated carbocycles. The first-order chi connectivity index (χ1) is 18.3. The molecule has 1 unspecified atom stereocenters. The molecule has 11 heteroatoms. The zero-order valence-electron chi connectivity index (χ0n) is 20.7. The Labute approximate surface area is 219 Å². The summed E-state index contributed by atoms with van der Waals surface area (Å²) in [7, 11) is 0. The molecule has 11 nitrogen and oxygen atoms in total. The largest absolute Gasteiger partial charge is 0.387 e. The number of imidazole rings is 1. The zero-order chi connectivity index (χ0) is 26.4. The topological polar surface area (TPSA) is 169 Å². The SMILES string of the molecule is Nc1nc(C#CC2(O)CCC(c3ccccc3)CC2)nc2c1ncn2C1O[C@H](C(=O)NC2CC2)[C@H](O)[C@@H]1O. The summed E-state index contributed by atoms with van der Waals surface area (Å²) in [5.41, 5.74) is 6.74. The van der Waals surface area contributed by atoms with Crippen LogP contribution in [0.4, 0.5) is 5.82 Å². The second-order valence-corrected chi connectivity index (χ2v) is 10.4. The molecular formula is C27H30N6O5. The number of fused-ring (bicyclic) bond motifs is 1. The van der Waals surface area contributed by atoms with Crippen LogP contribution in [0.25, 0.3) is 11.2 Å². The molecule has 6 N–H and O–H groups in total. The molecule has 1 aliphatic heterocycles. The highest BCUT2D eigenvalue weighted by Gasteiger charge is 2.48. The van der Waals surface area contributed by atoms with Crippen molar-refractivity contribution in [1.29, 1.82) is 0 Å². The van der Waals surface area contributed by atoms with Crippen molar-refractivity contribution in [2.24, 2.45) is 0 Å². The number of carbonyl (C=O) groups excluding carboxylic acids is 1. The first-order valence-electron chi connectivity index (χ1n) is 12.9. The number of ether oxygens (including phenoxy) is 1. The van der Waals surface area contributed by atoms with E-state index in [2.05, 4.69) is 44.2 Å². The fourth-order valence-corrected chi connectivity index (χ4v) is 5.25. The van der Waals surface area contributed by atoms with E-state index >= 15 is 0 Å². The number of aliphatic hydroxyl groups is 3. The van der Waals surface area contributed by atoms with Gasteiger partial charge in [0.2, 0.25) is 5.82 Å². The van der Waals surface area contributed by atoms with Crippen molar-refractivity contribution in [3.8, 4) is 11.8 Å². The lowest BCUT2D eigenvalue weighted by molar-refractivity contribution is -0.137. The van der Waals surface area contributed by atoms with E-state index in [-0.39, 0.29) is 28.8 Å². The maximum atomic E-state index is 12.5.